The van der Waals surface area contributed by atoms with Crippen LogP contribution in [-0.2, 0) is 10.0 Å². The minimum atomic E-state index is -3.61. The van der Waals surface area contributed by atoms with Crippen LogP contribution in [0.2, 0.25) is 10.0 Å². The number of halogens is 2. The smallest absolute Gasteiger partial charge is 0.244 e. The molecule has 1 unspecified atom stereocenters. The highest BCUT2D eigenvalue weighted by atomic mass is 35.5. The van der Waals surface area contributed by atoms with Crippen LogP contribution in [0.3, 0.4) is 0 Å². The molecule has 4 nitrogen and oxygen atoms in total. The average molecular weight is 351 g/mol. The average Bonchev–Trinajstić information content (AvgIpc) is 2.48. The quantitative estimate of drug-likeness (QED) is 0.887. The summed E-state index contributed by atoms with van der Waals surface area (Å²) in [5, 5.41) is 3.66. The summed E-state index contributed by atoms with van der Waals surface area (Å²) in [6.07, 6.45) is 2.13. The predicted molar refractivity (Wildman–Crippen MR) is 86.5 cm³/mol. The van der Waals surface area contributed by atoms with Crippen LogP contribution in [0.1, 0.15) is 19.8 Å². The maximum atomic E-state index is 12.8. The van der Waals surface area contributed by atoms with E-state index in [-0.39, 0.29) is 14.9 Å². The molecule has 1 saturated heterocycles. The number of hydrogen-bond acceptors (Lipinski definition) is 3. The molecule has 0 saturated carbocycles. The molecule has 1 heterocycles. The molecule has 1 aromatic carbocycles. The Labute approximate surface area is 136 Å². The molecule has 1 aliphatic heterocycles. The van der Waals surface area contributed by atoms with E-state index < -0.39 is 10.0 Å². The molecule has 0 aliphatic carbocycles. The zero-order valence-corrected chi connectivity index (χ0v) is 14.3. The van der Waals surface area contributed by atoms with Crippen molar-refractivity contribution < 1.29 is 8.42 Å². The maximum absolute atomic E-state index is 12.8. The molecule has 1 aromatic rings. The number of piperidine rings is 1. The van der Waals surface area contributed by atoms with Crippen molar-refractivity contribution in [1.29, 1.82) is 0 Å². The van der Waals surface area contributed by atoms with Gasteiger partial charge in [0.1, 0.15) is 4.90 Å². The molecule has 118 valence electrons. The van der Waals surface area contributed by atoms with Gasteiger partial charge in [-0.05, 0) is 44.0 Å². The Hall–Kier alpha value is -0.330. The SMILES string of the molecule is CCN(CC1CCCNC1)S(=O)(=O)c1cccc(Cl)c1Cl. The first-order chi connectivity index (χ1) is 9.96. The van der Waals surface area contributed by atoms with Crippen molar-refractivity contribution >= 4 is 33.2 Å². The van der Waals surface area contributed by atoms with Crippen molar-refractivity contribution in [3.8, 4) is 0 Å². The highest BCUT2D eigenvalue weighted by Crippen LogP contribution is 2.31. The fraction of sp³-hybridized carbons (Fsp3) is 0.571. The number of benzene rings is 1. The molecule has 1 aliphatic rings. The van der Waals surface area contributed by atoms with Gasteiger partial charge in [0.05, 0.1) is 10.0 Å². The molecule has 2 rings (SSSR count). The molecule has 0 bridgehead atoms. The lowest BCUT2D eigenvalue weighted by Crippen LogP contribution is -2.41. The van der Waals surface area contributed by atoms with E-state index >= 15 is 0 Å². The van der Waals surface area contributed by atoms with E-state index in [0.717, 1.165) is 25.9 Å². The fourth-order valence-corrected chi connectivity index (χ4v) is 4.85. The topological polar surface area (TPSA) is 49.4 Å². The van der Waals surface area contributed by atoms with Gasteiger partial charge in [0.15, 0.2) is 0 Å². The summed E-state index contributed by atoms with van der Waals surface area (Å²) in [5.74, 6) is 0.339. The predicted octanol–water partition coefficient (Wildman–Crippen LogP) is 3.00. The fourth-order valence-electron chi connectivity index (χ4n) is 2.59. The summed E-state index contributed by atoms with van der Waals surface area (Å²) < 4.78 is 27.0. The maximum Gasteiger partial charge on any atom is 0.244 e. The van der Waals surface area contributed by atoms with Crippen molar-refractivity contribution in [2.24, 2.45) is 5.92 Å². The van der Waals surface area contributed by atoms with Crippen LogP contribution in [0.25, 0.3) is 0 Å². The van der Waals surface area contributed by atoms with E-state index in [0.29, 0.717) is 19.0 Å². The second kappa shape index (κ2) is 7.29. The molecule has 1 N–H and O–H groups in total. The zero-order valence-electron chi connectivity index (χ0n) is 12.0. The molecule has 0 spiro atoms. The summed E-state index contributed by atoms with van der Waals surface area (Å²) in [6.45, 7) is 4.63. The first kappa shape index (κ1) is 17.0. The van der Waals surface area contributed by atoms with Crippen LogP contribution in [0.5, 0.6) is 0 Å². The second-order valence-corrected chi connectivity index (χ2v) is 7.91. The van der Waals surface area contributed by atoms with Gasteiger partial charge >= 0.3 is 0 Å². The van der Waals surface area contributed by atoms with E-state index in [9.17, 15) is 8.42 Å². The van der Waals surface area contributed by atoms with Gasteiger partial charge < -0.3 is 5.32 Å². The Morgan fingerprint density at radius 1 is 1.38 bits per heavy atom. The summed E-state index contributed by atoms with van der Waals surface area (Å²) >= 11 is 12.0. The van der Waals surface area contributed by atoms with Gasteiger partial charge in [0.25, 0.3) is 0 Å². The van der Waals surface area contributed by atoms with Crippen LogP contribution in [0, 0.1) is 5.92 Å². The standard InChI is InChI=1S/C14H20Cl2N2O2S/c1-2-18(10-11-5-4-8-17-9-11)21(19,20)13-7-3-6-12(15)14(13)16/h3,6-7,11,17H,2,4-5,8-10H2,1H3. The highest BCUT2D eigenvalue weighted by Gasteiger charge is 2.29. The van der Waals surface area contributed by atoms with Gasteiger partial charge in [-0.25, -0.2) is 8.42 Å². The molecule has 1 atom stereocenters. The third-order valence-corrected chi connectivity index (χ3v) is 6.66. The molecule has 0 amide bonds. The van der Waals surface area contributed by atoms with Gasteiger partial charge in [-0.2, -0.15) is 4.31 Å². The van der Waals surface area contributed by atoms with Crippen molar-refractivity contribution in [3.05, 3.63) is 28.2 Å². The summed E-state index contributed by atoms with van der Waals surface area (Å²) in [7, 11) is -3.61. The number of rotatable bonds is 5. The van der Waals surface area contributed by atoms with Crippen LogP contribution in [0.4, 0.5) is 0 Å². The minimum Gasteiger partial charge on any atom is -0.316 e. The summed E-state index contributed by atoms with van der Waals surface area (Å²) in [6, 6.07) is 4.70. The van der Waals surface area contributed by atoms with Crippen molar-refractivity contribution in [3.63, 3.8) is 0 Å². The summed E-state index contributed by atoms with van der Waals surface area (Å²) in [5.41, 5.74) is 0. The van der Waals surface area contributed by atoms with Crippen molar-refractivity contribution in [2.45, 2.75) is 24.7 Å². The van der Waals surface area contributed by atoms with Gasteiger partial charge in [0.2, 0.25) is 10.0 Å². The number of nitrogens with one attached hydrogen (secondary N) is 1. The van der Waals surface area contributed by atoms with E-state index in [1.807, 2.05) is 6.92 Å². The van der Waals surface area contributed by atoms with Crippen LogP contribution < -0.4 is 5.32 Å². The van der Waals surface area contributed by atoms with Crippen LogP contribution >= 0.6 is 23.2 Å². The third kappa shape index (κ3) is 3.90. The molecule has 1 fully saturated rings. The lowest BCUT2D eigenvalue weighted by atomic mass is 10.00. The highest BCUT2D eigenvalue weighted by molar-refractivity contribution is 7.89. The van der Waals surface area contributed by atoms with E-state index in [4.69, 9.17) is 23.2 Å². The van der Waals surface area contributed by atoms with Gasteiger partial charge in [0, 0.05) is 13.1 Å². The van der Waals surface area contributed by atoms with Crippen LogP contribution in [-0.4, -0.2) is 38.9 Å². The Bertz CT molecular complexity index is 587. The summed E-state index contributed by atoms with van der Waals surface area (Å²) in [4.78, 5) is 0.0854. The van der Waals surface area contributed by atoms with Gasteiger partial charge in [-0.3, -0.25) is 0 Å². The lowest BCUT2D eigenvalue weighted by Gasteiger charge is -2.29. The minimum absolute atomic E-state index is 0.0854. The molecule has 21 heavy (non-hydrogen) atoms. The Balaban J connectivity index is 2.24. The number of sulfonamides is 1. The van der Waals surface area contributed by atoms with Crippen molar-refractivity contribution in [2.75, 3.05) is 26.2 Å². The molecule has 0 radical (unpaired) electrons. The van der Waals surface area contributed by atoms with Gasteiger partial charge in [-0.1, -0.05) is 36.2 Å². The Morgan fingerprint density at radius 2 is 2.14 bits per heavy atom. The van der Waals surface area contributed by atoms with Gasteiger partial charge in [-0.15, -0.1) is 0 Å². The third-order valence-electron chi connectivity index (χ3n) is 3.75. The van der Waals surface area contributed by atoms with E-state index in [2.05, 4.69) is 5.32 Å². The van der Waals surface area contributed by atoms with E-state index in [1.165, 1.54) is 10.4 Å². The lowest BCUT2D eigenvalue weighted by molar-refractivity contribution is 0.298. The van der Waals surface area contributed by atoms with E-state index in [1.54, 1.807) is 12.1 Å². The monoisotopic (exact) mass is 350 g/mol. The molecular formula is C14H20Cl2N2O2S. The zero-order chi connectivity index (χ0) is 15.5. The molecular weight excluding hydrogens is 331 g/mol. The molecule has 7 heteroatoms. The second-order valence-electron chi connectivity index (χ2n) is 5.22. The van der Waals surface area contributed by atoms with Crippen LogP contribution in [0.15, 0.2) is 23.1 Å². The Kier molecular flexibility index (Phi) is 5.91. The van der Waals surface area contributed by atoms with Crippen molar-refractivity contribution in [1.82, 2.24) is 9.62 Å². The first-order valence-corrected chi connectivity index (χ1v) is 9.31. The number of nitrogens with zero attached hydrogens (tertiary/aromatic N) is 1. The number of hydrogen-bond donors (Lipinski definition) is 1. The Morgan fingerprint density at radius 3 is 2.76 bits per heavy atom. The normalized spacial score (nSPS) is 19.9. The molecule has 0 aromatic heterocycles. The largest absolute Gasteiger partial charge is 0.316 e. The first-order valence-electron chi connectivity index (χ1n) is 7.11.